The fourth-order valence-corrected chi connectivity index (χ4v) is 9.93. The first-order valence-corrected chi connectivity index (χ1v) is 18.0. The van der Waals surface area contributed by atoms with E-state index in [1.54, 1.807) is 4.68 Å². The maximum absolute atomic E-state index is 14.4. The number of amides is 1. The smallest absolute Gasteiger partial charge is 0.264 e. The highest BCUT2D eigenvalue weighted by atomic mass is 127. The molecule has 1 saturated heterocycles. The molecule has 1 amide bonds. The van der Waals surface area contributed by atoms with E-state index in [0.717, 1.165) is 29.6 Å². The Bertz CT molecular complexity index is 1350. The van der Waals surface area contributed by atoms with Gasteiger partial charge in [-0.05, 0) is 101 Å². The summed E-state index contributed by atoms with van der Waals surface area (Å²) in [5.41, 5.74) is 2.28. The summed E-state index contributed by atoms with van der Waals surface area (Å²) in [5.74, 6) is -0.261. The van der Waals surface area contributed by atoms with Gasteiger partial charge in [-0.2, -0.15) is 0 Å². The van der Waals surface area contributed by atoms with Crippen LogP contribution in [0.4, 0.5) is 5.69 Å². The van der Waals surface area contributed by atoms with Crippen molar-refractivity contribution >= 4 is 65.1 Å². The van der Waals surface area contributed by atoms with Crippen LogP contribution in [0.3, 0.4) is 0 Å². The minimum atomic E-state index is -2.73. The summed E-state index contributed by atoms with van der Waals surface area (Å²) in [6.45, 7) is 6.99. The Kier molecular flexibility index (Phi) is 8.06. The lowest BCUT2D eigenvalue weighted by molar-refractivity contribution is -0.146. The molecule has 1 fully saturated rings. The molecule has 5 rings (SSSR count). The highest BCUT2D eigenvalue weighted by Gasteiger charge is 2.66. The Morgan fingerprint density at radius 1 is 1.16 bits per heavy atom. The Hall–Kier alpha value is -1.39. The van der Waals surface area contributed by atoms with Crippen LogP contribution >= 0.6 is 45.2 Å². The first-order chi connectivity index (χ1) is 18.0. The Morgan fingerprint density at radius 2 is 1.92 bits per heavy atom. The second kappa shape index (κ2) is 10.9. The molecule has 0 aliphatic carbocycles. The fourth-order valence-electron chi connectivity index (χ4n) is 6.23. The van der Waals surface area contributed by atoms with Gasteiger partial charge in [-0.25, -0.2) is 0 Å². The van der Waals surface area contributed by atoms with Crippen LogP contribution in [0.1, 0.15) is 30.2 Å². The molecule has 2 aromatic carbocycles. The lowest BCUT2D eigenvalue weighted by Gasteiger charge is -2.32. The lowest BCUT2D eigenvalue weighted by Crippen LogP contribution is -2.46. The van der Waals surface area contributed by atoms with Crippen molar-refractivity contribution < 1.29 is 19.4 Å². The average molecular weight is 758 g/mol. The van der Waals surface area contributed by atoms with Crippen LogP contribution in [0.25, 0.3) is 0 Å². The number of ether oxygens (including phenoxy) is 1. The number of halogens is 2. The van der Waals surface area contributed by atoms with Crippen LogP contribution in [-0.2, 0) is 34.6 Å². The highest BCUT2D eigenvalue weighted by molar-refractivity contribution is 14.1. The molecule has 2 aliphatic rings. The number of rotatable bonds is 8. The van der Waals surface area contributed by atoms with Crippen molar-refractivity contribution in [1.82, 2.24) is 15.0 Å². The third kappa shape index (κ3) is 5.09. The van der Waals surface area contributed by atoms with Gasteiger partial charge in [0.25, 0.3) is 5.91 Å². The lowest BCUT2D eigenvalue weighted by atomic mass is 9.82. The Labute approximate surface area is 251 Å². The molecular formula is C27H32I2N4O4Si. The second-order valence-corrected chi connectivity index (χ2v) is 17.2. The van der Waals surface area contributed by atoms with Gasteiger partial charge in [0, 0.05) is 49.9 Å². The molecule has 1 spiro atoms. The number of benzene rings is 2. The molecule has 4 atom stereocenters. The largest absolute Gasteiger partial charge is 0.432 e. The number of anilines is 1. The van der Waals surface area contributed by atoms with Crippen LogP contribution in [0.2, 0.25) is 18.6 Å². The van der Waals surface area contributed by atoms with E-state index in [1.807, 2.05) is 54.5 Å². The zero-order valence-electron chi connectivity index (χ0n) is 21.6. The number of carbonyl (C=O) groups excluding carboxylic acids is 1. The Morgan fingerprint density at radius 3 is 2.63 bits per heavy atom. The van der Waals surface area contributed by atoms with E-state index in [0.29, 0.717) is 25.9 Å². The molecule has 0 radical (unpaired) electrons. The molecule has 2 N–H and O–H groups in total. The summed E-state index contributed by atoms with van der Waals surface area (Å²) >= 11 is 4.58. The number of hydrogen-bond acceptors (Lipinski definition) is 6. The van der Waals surface area contributed by atoms with Crippen molar-refractivity contribution in [3.05, 3.63) is 72.6 Å². The fraction of sp³-hybridized carbons (Fsp3) is 0.444. The van der Waals surface area contributed by atoms with Gasteiger partial charge in [-0.1, -0.05) is 24.3 Å². The average Bonchev–Trinajstić information content (AvgIpc) is 3.48. The molecule has 3 aromatic rings. The molecular weight excluding hydrogens is 726 g/mol. The standard InChI is InChI=1S/C27H32I2N4O4Si/c1-17-25(38(2,3)36)24(9-11-32-16-21(10-12-34)30-31-32)37-27(17)22-14-20(29)7-8-23(22)33(26(27)35)15-18-5-4-6-19(28)13-18/h4-8,13-14,16-17,24-25,34,36H,9-12,15H2,1-3H3/t17-,24+,25-,27+/m1/s1. The first-order valence-electron chi connectivity index (χ1n) is 12.8. The number of hydrogen-bond donors (Lipinski definition) is 2. The summed E-state index contributed by atoms with van der Waals surface area (Å²) in [4.78, 5) is 27.8. The van der Waals surface area contributed by atoms with Gasteiger partial charge < -0.3 is 19.5 Å². The van der Waals surface area contributed by atoms with E-state index in [4.69, 9.17) is 4.74 Å². The summed E-state index contributed by atoms with van der Waals surface area (Å²) < 4.78 is 10.8. The van der Waals surface area contributed by atoms with Crippen molar-refractivity contribution in [3.63, 3.8) is 0 Å². The molecule has 202 valence electrons. The minimum absolute atomic E-state index is 0.0236. The summed E-state index contributed by atoms with van der Waals surface area (Å²) in [7, 11) is -2.73. The van der Waals surface area contributed by atoms with Crippen molar-refractivity contribution in [3.8, 4) is 0 Å². The number of aromatic nitrogens is 3. The molecule has 38 heavy (non-hydrogen) atoms. The van der Waals surface area contributed by atoms with E-state index >= 15 is 0 Å². The topological polar surface area (TPSA) is 101 Å². The number of aryl methyl sites for hydroxylation is 1. The van der Waals surface area contributed by atoms with Crippen molar-refractivity contribution in [1.29, 1.82) is 0 Å². The normalized spacial score (nSPS) is 25.0. The van der Waals surface area contributed by atoms with Gasteiger partial charge in [-0.15, -0.1) is 5.10 Å². The molecule has 0 unspecified atom stereocenters. The van der Waals surface area contributed by atoms with E-state index in [1.165, 1.54) is 0 Å². The number of nitrogens with zero attached hydrogens (tertiary/aromatic N) is 4. The number of aliphatic hydroxyl groups excluding tert-OH is 1. The van der Waals surface area contributed by atoms with Crippen LogP contribution in [0.15, 0.2) is 48.7 Å². The van der Waals surface area contributed by atoms with Gasteiger partial charge in [-0.3, -0.25) is 9.48 Å². The zero-order valence-corrected chi connectivity index (χ0v) is 27.0. The SMILES string of the molecule is C[C@@H]1[C@@H]([Si](C)(C)O)[C@H](CCn2cc(CCO)nn2)O[C@@]12C(=O)N(Cc1cccc(I)c1)c1ccc(I)cc12. The van der Waals surface area contributed by atoms with Crippen molar-refractivity contribution in [2.75, 3.05) is 11.5 Å². The third-order valence-electron chi connectivity index (χ3n) is 7.77. The van der Waals surface area contributed by atoms with Crippen LogP contribution in [0, 0.1) is 13.1 Å². The summed E-state index contributed by atoms with van der Waals surface area (Å²) in [5, 5.41) is 17.5. The second-order valence-electron chi connectivity index (χ2n) is 10.8. The molecule has 3 heterocycles. The summed E-state index contributed by atoms with van der Waals surface area (Å²) in [6, 6.07) is 14.3. The van der Waals surface area contributed by atoms with E-state index < -0.39 is 13.9 Å². The van der Waals surface area contributed by atoms with Gasteiger partial charge in [0.2, 0.25) is 0 Å². The quantitative estimate of drug-likeness (QED) is 0.260. The van der Waals surface area contributed by atoms with Gasteiger partial charge >= 0.3 is 0 Å². The molecule has 11 heteroatoms. The number of aliphatic hydroxyl groups is 1. The predicted molar refractivity (Wildman–Crippen MR) is 164 cm³/mol. The molecule has 1 aromatic heterocycles. The first kappa shape index (κ1) is 28.1. The third-order valence-corrected chi connectivity index (χ3v) is 11.6. The van der Waals surface area contributed by atoms with E-state index in [2.05, 4.69) is 74.6 Å². The maximum atomic E-state index is 14.4. The van der Waals surface area contributed by atoms with E-state index in [9.17, 15) is 14.7 Å². The highest BCUT2D eigenvalue weighted by Crippen LogP contribution is 2.60. The van der Waals surface area contributed by atoms with Gasteiger partial charge in [0.15, 0.2) is 13.9 Å². The number of fused-ring (bicyclic) bond motifs is 2. The van der Waals surface area contributed by atoms with Crippen LogP contribution in [-0.4, -0.2) is 51.8 Å². The molecule has 8 nitrogen and oxygen atoms in total. The molecule has 0 bridgehead atoms. The van der Waals surface area contributed by atoms with Gasteiger partial charge in [0.05, 0.1) is 24.0 Å². The van der Waals surface area contributed by atoms with Crippen molar-refractivity contribution in [2.24, 2.45) is 5.92 Å². The zero-order chi connectivity index (χ0) is 27.2. The van der Waals surface area contributed by atoms with Gasteiger partial charge in [0.1, 0.15) is 0 Å². The monoisotopic (exact) mass is 758 g/mol. The predicted octanol–water partition coefficient (Wildman–Crippen LogP) is 4.46. The summed E-state index contributed by atoms with van der Waals surface area (Å²) in [6.07, 6.45) is 2.58. The van der Waals surface area contributed by atoms with Crippen molar-refractivity contribution in [2.45, 2.75) is 63.2 Å². The van der Waals surface area contributed by atoms with Crippen LogP contribution < -0.4 is 4.90 Å². The molecule has 2 aliphatic heterocycles. The van der Waals surface area contributed by atoms with Crippen LogP contribution in [0.5, 0.6) is 0 Å². The Balaban J connectivity index is 1.51. The maximum Gasteiger partial charge on any atom is 0.264 e. The minimum Gasteiger partial charge on any atom is -0.432 e. The number of carbonyl (C=O) groups is 1. The van der Waals surface area contributed by atoms with E-state index in [-0.39, 0.29) is 30.1 Å². The molecule has 0 saturated carbocycles.